The van der Waals surface area contributed by atoms with Crippen molar-refractivity contribution in [2.45, 2.75) is 13.8 Å². The molecule has 0 aliphatic heterocycles. The van der Waals surface area contributed by atoms with E-state index < -0.39 is 5.97 Å². The summed E-state index contributed by atoms with van der Waals surface area (Å²) in [7, 11) is 0. The van der Waals surface area contributed by atoms with E-state index in [2.05, 4.69) is 4.42 Å². The Morgan fingerprint density at radius 3 is 2.40 bits per heavy atom. The minimum Gasteiger partial charge on any atom is -0.475 e. The summed E-state index contributed by atoms with van der Waals surface area (Å²) in [4.78, 5) is 9.97. The van der Waals surface area contributed by atoms with Crippen molar-refractivity contribution in [3.63, 3.8) is 0 Å². The SMILES string of the molecule is CC.O=C(O)c1ccco1. The molecule has 0 spiro atoms. The molecule has 56 valence electrons. The first-order chi connectivity index (χ1) is 4.80. The van der Waals surface area contributed by atoms with Crippen molar-refractivity contribution in [3.05, 3.63) is 24.2 Å². The Bertz CT molecular complexity index is 177. The van der Waals surface area contributed by atoms with Gasteiger partial charge in [0.15, 0.2) is 0 Å². The minimum atomic E-state index is -1.03. The van der Waals surface area contributed by atoms with Crippen LogP contribution in [0.3, 0.4) is 0 Å². The van der Waals surface area contributed by atoms with Gasteiger partial charge in [0.05, 0.1) is 6.26 Å². The van der Waals surface area contributed by atoms with Crippen LogP contribution in [-0.2, 0) is 0 Å². The van der Waals surface area contributed by atoms with Crippen LogP contribution >= 0.6 is 0 Å². The van der Waals surface area contributed by atoms with Gasteiger partial charge in [0, 0.05) is 0 Å². The molecule has 10 heavy (non-hydrogen) atoms. The summed E-state index contributed by atoms with van der Waals surface area (Å²) in [6.07, 6.45) is 1.32. The van der Waals surface area contributed by atoms with Crippen molar-refractivity contribution in [1.82, 2.24) is 0 Å². The van der Waals surface area contributed by atoms with E-state index in [9.17, 15) is 4.79 Å². The van der Waals surface area contributed by atoms with Gasteiger partial charge < -0.3 is 9.52 Å². The van der Waals surface area contributed by atoms with E-state index in [0.717, 1.165) is 0 Å². The van der Waals surface area contributed by atoms with Crippen molar-refractivity contribution in [2.24, 2.45) is 0 Å². The first-order valence-electron chi connectivity index (χ1n) is 3.07. The first kappa shape index (κ1) is 8.75. The van der Waals surface area contributed by atoms with Crippen molar-refractivity contribution in [2.75, 3.05) is 0 Å². The van der Waals surface area contributed by atoms with Crippen LogP contribution in [0.15, 0.2) is 22.8 Å². The normalized spacial score (nSPS) is 7.80. The molecule has 1 aromatic rings. The van der Waals surface area contributed by atoms with Crippen molar-refractivity contribution < 1.29 is 14.3 Å². The zero-order chi connectivity index (χ0) is 7.98. The summed E-state index contributed by atoms with van der Waals surface area (Å²) >= 11 is 0. The van der Waals surface area contributed by atoms with Crippen molar-refractivity contribution in [1.29, 1.82) is 0 Å². The Morgan fingerprint density at radius 1 is 1.60 bits per heavy atom. The van der Waals surface area contributed by atoms with Crippen LogP contribution in [0.25, 0.3) is 0 Å². The second kappa shape index (κ2) is 4.61. The Labute approximate surface area is 59.3 Å². The molecule has 0 aliphatic carbocycles. The van der Waals surface area contributed by atoms with Gasteiger partial charge in [0.2, 0.25) is 5.76 Å². The molecule has 0 atom stereocenters. The monoisotopic (exact) mass is 142 g/mol. The quantitative estimate of drug-likeness (QED) is 0.652. The fourth-order valence-electron chi connectivity index (χ4n) is 0.400. The van der Waals surface area contributed by atoms with Crippen molar-refractivity contribution >= 4 is 5.97 Å². The number of hydrogen-bond acceptors (Lipinski definition) is 2. The third-order valence-electron chi connectivity index (χ3n) is 0.732. The zero-order valence-corrected chi connectivity index (χ0v) is 6.00. The maximum absolute atomic E-state index is 9.97. The number of hydrogen-bond donors (Lipinski definition) is 1. The lowest BCUT2D eigenvalue weighted by atomic mass is 10.5. The molecule has 0 amide bonds. The van der Waals surface area contributed by atoms with Crippen LogP contribution in [0, 0.1) is 0 Å². The molecule has 1 heterocycles. The van der Waals surface area contributed by atoms with Crippen molar-refractivity contribution in [3.8, 4) is 0 Å². The summed E-state index contributed by atoms with van der Waals surface area (Å²) in [5.41, 5.74) is 0. The maximum Gasteiger partial charge on any atom is 0.371 e. The average Bonchev–Trinajstić information content (AvgIpc) is 2.42. The third kappa shape index (κ3) is 2.35. The van der Waals surface area contributed by atoms with Crippen LogP contribution in [0.5, 0.6) is 0 Å². The smallest absolute Gasteiger partial charge is 0.371 e. The third-order valence-corrected chi connectivity index (χ3v) is 0.732. The Kier molecular flexibility index (Phi) is 4.04. The molecule has 3 nitrogen and oxygen atoms in total. The summed E-state index contributed by atoms with van der Waals surface area (Å²) in [6.45, 7) is 4.00. The van der Waals surface area contributed by atoms with E-state index >= 15 is 0 Å². The highest BCUT2D eigenvalue weighted by atomic mass is 16.4. The molecule has 1 aromatic heterocycles. The van der Waals surface area contributed by atoms with Crippen LogP contribution in [0.2, 0.25) is 0 Å². The minimum absolute atomic E-state index is 0.0231. The molecule has 0 saturated heterocycles. The second-order valence-corrected chi connectivity index (χ2v) is 1.28. The number of aromatic carboxylic acids is 1. The highest BCUT2D eigenvalue weighted by molar-refractivity contribution is 5.84. The summed E-state index contributed by atoms with van der Waals surface area (Å²) in [6, 6.07) is 2.92. The number of furan rings is 1. The van der Waals surface area contributed by atoms with E-state index in [1.54, 1.807) is 0 Å². The fourth-order valence-corrected chi connectivity index (χ4v) is 0.400. The summed E-state index contributed by atoms with van der Waals surface area (Å²) < 4.78 is 4.50. The topological polar surface area (TPSA) is 50.4 Å². The second-order valence-electron chi connectivity index (χ2n) is 1.28. The van der Waals surface area contributed by atoms with E-state index in [1.165, 1.54) is 18.4 Å². The Morgan fingerprint density at radius 2 is 2.20 bits per heavy atom. The predicted molar refractivity (Wildman–Crippen MR) is 37.0 cm³/mol. The van der Waals surface area contributed by atoms with E-state index in [0.29, 0.717) is 0 Å². The van der Waals surface area contributed by atoms with Gasteiger partial charge in [0.25, 0.3) is 0 Å². The van der Waals surface area contributed by atoms with Crippen LogP contribution in [-0.4, -0.2) is 11.1 Å². The lowest BCUT2D eigenvalue weighted by molar-refractivity contribution is 0.0662. The molecule has 1 rings (SSSR count). The number of carboxylic acid groups (broad SMARTS) is 1. The van der Waals surface area contributed by atoms with E-state index in [1.807, 2.05) is 13.8 Å². The molecule has 0 unspecified atom stereocenters. The van der Waals surface area contributed by atoms with Gasteiger partial charge in [-0.1, -0.05) is 13.8 Å². The van der Waals surface area contributed by atoms with E-state index in [-0.39, 0.29) is 5.76 Å². The lowest BCUT2D eigenvalue weighted by Crippen LogP contribution is -1.90. The van der Waals surface area contributed by atoms with Crippen LogP contribution in [0.1, 0.15) is 24.4 Å². The molecule has 0 aromatic carbocycles. The van der Waals surface area contributed by atoms with Gasteiger partial charge in [-0.3, -0.25) is 0 Å². The van der Waals surface area contributed by atoms with Gasteiger partial charge in [0.1, 0.15) is 0 Å². The molecule has 0 fully saturated rings. The molecular formula is C7H10O3. The summed E-state index contributed by atoms with van der Waals surface area (Å²) in [5, 5.41) is 8.18. The van der Waals surface area contributed by atoms with Crippen LogP contribution in [0.4, 0.5) is 0 Å². The van der Waals surface area contributed by atoms with Gasteiger partial charge >= 0.3 is 5.97 Å². The number of carbonyl (C=O) groups is 1. The molecule has 3 heteroatoms. The predicted octanol–water partition coefficient (Wildman–Crippen LogP) is 2.00. The lowest BCUT2D eigenvalue weighted by Gasteiger charge is -1.79. The zero-order valence-electron chi connectivity index (χ0n) is 6.00. The van der Waals surface area contributed by atoms with Crippen LogP contribution < -0.4 is 0 Å². The number of rotatable bonds is 1. The van der Waals surface area contributed by atoms with Gasteiger partial charge in [-0.25, -0.2) is 4.79 Å². The average molecular weight is 142 g/mol. The molecule has 0 bridgehead atoms. The van der Waals surface area contributed by atoms with Gasteiger partial charge in [-0.2, -0.15) is 0 Å². The highest BCUT2D eigenvalue weighted by Gasteiger charge is 2.01. The first-order valence-corrected chi connectivity index (χ1v) is 3.07. The molecule has 0 aliphatic rings. The fraction of sp³-hybridized carbons (Fsp3) is 0.286. The summed E-state index contributed by atoms with van der Waals surface area (Å²) in [5.74, 6) is -1.06. The maximum atomic E-state index is 9.97. The molecular weight excluding hydrogens is 132 g/mol. The Hall–Kier alpha value is -1.25. The molecule has 0 radical (unpaired) electrons. The van der Waals surface area contributed by atoms with Gasteiger partial charge in [-0.15, -0.1) is 0 Å². The molecule has 0 saturated carbocycles. The largest absolute Gasteiger partial charge is 0.475 e. The Balaban J connectivity index is 0.000000371. The molecule has 1 N–H and O–H groups in total. The van der Waals surface area contributed by atoms with Gasteiger partial charge in [-0.05, 0) is 12.1 Å². The number of carboxylic acids is 1. The standard InChI is InChI=1S/C5H4O3.C2H6/c6-5(7)4-2-1-3-8-4;1-2/h1-3H,(H,6,7);1-2H3. The highest BCUT2D eigenvalue weighted by Crippen LogP contribution is 1.97. The van der Waals surface area contributed by atoms with E-state index in [4.69, 9.17) is 5.11 Å².